The first-order valence-corrected chi connectivity index (χ1v) is 6.38. The van der Waals surface area contributed by atoms with Crippen LogP contribution in [0.3, 0.4) is 0 Å². The third-order valence-corrected chi connectivity index (χ3v) is 2.54. The number of nitrogens with one attached hydrogen (secondary N) is 2. The molecule has 0 spiro atoms. The minimum Gasteiger partial charge on any atom is -0.374 e. The summed E-state index contributed by atoms with van der Waals surface area (Å²) in [6.07, 6.45) is 0. The summed E-state index contributed by atoms with van der Waals surface area (Å²) in [6, 6.07) is 6.79. The van der Waals surface area contributed by atoms with E-state index < -0.39 is 0 Å². The van der Waals surface area contributed by atoms with Crippen LogP contribution in [0.1, 0.15) is 45.0 Å². The van der Waals surface area contributed by atoms with Crippen molar-refractivity contribution in [2.45, 2.75) is 46.2 Å². The highest BCUT2D eigenvalue weighted by Gasteiger charge is 2.19. The molecule has 19 heavy (non-hydrogen) atoms. The minimum absolute atomic E-state index is 0.00967. The second-order valence-corrected chi connectivity index (χ2v) is 5.74. The Morgan fingerprint density at radius 2 is 1.84 bits per heavy atom. The highest BCUT2D eigenvalue weighted by atomic mass is 16.2. The van der Waals surface area contributed by atoms with Crippen molar-refractivity contribution in [1.82, 2.24) is 5.32 Å². The lowest BCUT2D eigenvalue weighted by atomic mass is 10.1. The summed E-state index contributed by atoms with van der Waals surface area (Å²) < 4.78 is 0. The average Bonchev–Trinajstić information content (AvgIpc) is 2.27. The van der Waals surface area contributed by atoms with Crippen LogP contribution in [0.2, 0.25) is 0 Å². The van der Waals surface area contributed by atoms with E-state index in [-0.39, 0.29) is 23.3 Å². The van der Waals surface area contributed by atoms with Crippen LogP contribution < -0.4 is 10.6 Å². The number of Topliss-reactive ketones (excluding diaryl/α,β-unsaturated/α-hetero) is 1. The molecule has 0 saturated carbocycles. The normalized spacial score (nSPS) is 12.7. The van der Waals surface area contributed by atoms with Crippen LogP contribution in [-0.4, -0.2) is 23.3 Å². The van der Waals surface area contributed by atoms with Crippen molar-refractivity contribution in [3.63, 3.8) is 0 Å². The lowest BCUT2D eigenvalue weighted by Crippen LogP contribution is -2.47. The predicted octanol–water partition coefficient (Wildman–Crippen LogP) is 2.60. The number of hydrogen-bond donors (Lipinski definition) is 2. The van der Waals surface area contributed by atoms with Gasteiger partial charge in [0.25, 0.3) is 0 Å². The molecule has 1 atom stereocenters. The first-order chi connectivity index (χ1) is 8.69. The molecule has 0 aliphatic carbocycles. The van der Waals surface area contributed by atoms with Crippen LogP contribution >= 0.6 is 0 Å². The number of benzene rings is 1. The fraction of sp³-hybridized carbons (Fsp3) is 0.467. The van der Waals surface area contributed by atoms with E-state index in [1.54, 1.807) is 25.1 Å². The number of anilines is 1. The van der Waals surface area contributed by atoms with Crippen molar-refractivity contribution in [2.75, 3.05) is 5.32 Å². The highest BCUT2D eigenvalue weighted by Crippen LogP contribution is 2.12. The summed E-state index contributed by atoms with van der Waals surface area (Å²) in [5.41, 5.74) is 1.14. The Morgan fingerprint density at radius 1 is 1.21 bits per heavy atom. The van der Waals surface area contributed by atoms with Gasteiger partial charge in [-0.1, -0.05) is 12.1 Å². The van der Waals surface area contributed by atoms with Gasteiger partial charge < -0.3 is 10.6 Å². The smallest absolute Gasteiger partial charge is 0.242 e. The van der Waals surface area contributed by atoms with E-state index in [4.69, 9.17) is 0 Å². The first kappa shape index (κ1) is 15.2. The molecular formula is C15H22N2O2. The summed E-state index contributed by atoms with van der Waals surface area (Å²) in [5.74, 6) is -0.0591. The summed E-state index contributed by atoms with van der Waals surface area (Å²) >= 11 is 0. The van der Waals surface area contributed by atoms with Crippen LogP contribution in [0.15, 0.2) is 24.3 Å². The number of rotatable bonds is 4. The van der Waals surface area contributed by atoms with Gasteiger partial charge in [0.2, 0.25) is 5.91 Å². The van der Waals surface area contributed by atoms with Crippen molar-refractivity contribution in [1.29, 1.82) is 0 Å². The summed E-state index contributed by atoms with van der Waals surface area (Å²) in [6.45, 7) is 9.13. The molecule has 1 aromatic rings. The van der Waals surface area contributed by atoms with Gasteiger partial charge in [-0.05, 0) is 46.8 Å². The maximum Gasteiger partial charge on any atom is 0.242 e. The number of hydrogen-bond acceptors (Lipinski definition) is 3. The molecule has 0 fully saturated rings. The van der Waals surface area contributed by atoms with E-state index in [0.29, 0.717) is 5.56 Å². The second-order valence-electron chi connectivity index (χ2n) is 5.74. The topological polar surface area (TPSA) is 58.2 Å². The van der Waals surface area contributed by atoms with E-state index in [1.807, 2.05) is 26.8 Å². The Hall–Kier alpha value is -1.84. The molecule has 1 aromatic carbocycles. The third-order valence-electron chi connectivity index (χ3n) is 2.54. The largest absolute Gasteiger partial charge is 0.374 e. The van der Waals surface area contributed by atoms with E-state index >= 15 is 0 Å². The Balaban J connectivity index is 2.71. The zero-order valence-corrected chi connectivity index (χ0v) is 12.2. The summed E-state index contributed by atoms with van der Waals surface area (Å²) in [7, 11) is 0. The fourth-order valence-electron chi connectivity index (χ4n) is 1.62. The minimum atomic E-state index is -0.360. The van der Waals surface area contributed by atoms with Crippen LogP contribution in [0, 0.1) is 0 Å². The average molecular weight is 262 g/mol. The molecule has 0 heterocycles. The molecule has 2 N–H and O–H groups in total. The molecule has 0 aliphatic heterocycles. The van der Waals surface area contributed by atoms with Gasteiger partial charge in [-0.2, -0.15) is 0 Å². The van der Waals surface area contributed by atoms with Gasteiger partial charge in [-0.25, -0.2) is 0 Å². The zero-order chi connectivity index (χ0) is 14.6. The molecule has 1 amide bonds. The molecular weight excluding hydrogens is 240 g/mol. The molecule has 0 aliphatic rings. The Bertz CT molecular complexity index is 475. The second kappa shape index (κ2) is 5.87. The molecule has 104 valence electrons. The Labute approximate surface area is 114 Å². The zero-order valence-electron chi connectivity index (χ0n) is 12.2. The quantitative estimate of drug-likeness (QED) is 0.820. The SMILES string of the molecule is CC(=O)c1cccc(N[C@@H](C)C(=O)NC(C)(C)C)c1. The van der Waals surface area contributed by atoms with Gasteiger partial charge in [-0.3, -0.25) is 9.59 Å². The van der Waals surface area contributed by atoms with Crippen molar-refractivity contribution in [3.8, 4) is 0 Å². The van der Waals surface area contributed by atoms with E-state index in [0.717, 1.165) is 5.69 Å². The van der Waals surface area contributed by atoms with Crippen LogP contribution in [0.5, 0.6) is 0 Å². The predicted molar refractivity (Wildman–Crippen MR) is 77.4 cm³/mol. The number of carbonyl (C=O) groups is 2. The van der Waals surface area contributed by atoms with Gasteiger partial charge in [0.05, 0.1) is 0 Å². The molecule has 0 aromatic heterocycles. The van der Waals surface area contributed by atoms with Crippen LogP contribution in [0.4, 0.5) is 5.69 Å². The molecule has 4 heteroatoms. The molecule has 0 radical (unpaired) electrons. The monoisotopic (exact) mass is 262 g/mol. The van der Waals surface area contributed by atoms with Gasteiger partial charge in [0.1, 0.15) is 6.04 Å². The standard InChI is InChI=1S/C15H22N2O2/c1-10(14(19)17-15(3,4)5)16-13-8-6-7-12(9-13)11(2)18/h6-10,16H,1-5H3,(H,17,19)/t10-/m0/s1. The van der Waals surface area contributed by atoms with Crippen molar-refractivity contribution in [2.24, 2.45) is 0 Å². The third kappa shape index (κ3) is 5.12. The van der Waals surface area contributed by atoms with E-state index in [9.17, 15) is 9.59 Å². The van der Waals surface area contributed by atoms with Crippen LogP contribution in [-0.2, 0) is 4.79 Å². The lowest BCUT2D eigenvalue weighted by Gasteiger charge is -2.24. The molecule has 0 unspecified atom stereocenters. The maximum absolute atomic E-state index is 11.9. The number of amides is 1. The fourth-order valence-corrected chi connectivity index (χ4v) is 1.62. The number of carbonyl (C=O) groups excluding carboxylic acids is 2. The van der Waals surface area contributed by atoms with Crippen molar-refractivity contribution < 1.29 is 9.59 Å². The molecule has 0 bridgehead atoms. The van der Waals surface area contributed by atoms with Gasteiger partial charge in [0, 0.05) is 16.8 Å². The maximum atomic E-state index is 11.9. The highest BCUT2D eigenvalue weighted by molar-refractivity contribution is 5.95. The molecule has 0 saturated heterocycles. The number of ketones is 1. The summed E-state index contributed by atoms with van der Waals surface area (Å²) in [4.78, 5) is 23.2. The van der Waals surface area contributed by atoms with Gasteiger partial charge >= 0.3 is 0 Å². The molecule has 1 rings (SSSR count). The van der Waals surface area contributed by atoms with Crippen LogP contribution in [0.25, 0.3) is 0 Å². The van der Waals surface area contributed by atoms with Crippen molar-refractivity contribution in [3.05, 3.63) is 29.8 Å². The lowest BCUT2D eigenvalue weighted by molar-refractivity contribution is -0.122. The van der Waals surface area contributed by atoms with E-state index in [1.165, 1.54) is 6.92 Å². The molecule has 4 nitrogen and oxygen atoms in total. The van der Waals surface area contributed by atoms with Crippen molar-refractivity contribution >= 4 is 17.4 Å². The van der Waals surface area contributed by atoms with Gasteiger partial charge in [0.15, 0.2) is 5.78 Å². The first-order valence-electron chi connectivity index (χ1n) is 6.38. The van der Waals surface area contributed by atoms with Gasteiger partial charge in [-0.15, -0.1) is 0 Å². The Morgan fingerprint density at radius 3 is 2.37 bits per heavy atom. The summed E-state index contributed by atoms with van der Waals surface area (Å²) in [5, 5.41) is 6.00. The van der Waals surface area contributed by atoms with E-state index in [2.05, 4.69) is 10.6 Å². The Kier molecular flexibility index (Phi) is 4.70.